The number of hydrogen-bond acceptors (Lipinski definition) is 2. The third kappa shape index (κ3) is 3.49. The van der Waals surface area contributed by atoms with Crippen LogP contribution in [0.3, 0.4) is 0 Å². The fourth-order valence-corrected chi connectivity index (χ4v) is 2.16. The highest BCUT2D eigenvalue weighted by Gasteiger charge is 2.06. The number of fused-ring (bicyclic) bond motifs is 1. The van der Waals surface area contributed by atoms with Crippen molar-refractivity contribution in [2.24, 2.45) is 5.92 Å². The van der Waals surface area contributed by atoms with Crippen LogP contribution in [0.2, 0.25) is 0 Å². The van der Waals surface area contributed by atoms with Crippen LogP contribution in [0.25, 0.3) is 11.0 Å². The molecule has 0 saturated heterocycles. The van der Waals surface area contributed by atoms with E-state index in [1.807, 2.05) is 18.2 Å². The maximum atomic E-state index is 4.53. The predicted octanol–water partition coefficient (Wildman–Crippen LogP) is 4.19. The molecule has 0 aliphatic heterocycles. The van der Waals surface area contributed by atoms with Crippen molar-refractivity contribution in [1.29, 1.82) is 0 Å². The Hall–Kier alpha value is -1.51. The number of nitrogens with one attached hydrogen (secondary N) is 2. The second-order valence-corrected chi connectivity index (χ2v) is 5.47. The second kappa shape index (κ2) is 5.89. The zero-order valence-electron chi connectivity index (χ0n) is 11.5. The molecule has 0 saturated carbocycles. The van der Waals surface area contributed by atoms with Gasteiger partial charge in [-0.15, -0.1) is 0 Å². The van der Waals surface area contributed by atoms with Gasteiger partial charge in [-0.05, 0) is 31.4 Å². The number of para-hydroxylation sites is 2. The second-order valence-electron chi connectivity index (χ2n) is 5.47. The molecule has 2 aromatic rings. The van der Waals surface area contributed by atoms with Crippen LogP contribution in [0, 0.1) is 5.92 Å². The number of benzene rings is 1. The molecule has 3 heteroatoms. The van der Waals surface area contributed by atoms with E-state index in [9.17, 15) is 0 Å². The van der Waals surface area contributed by atoms with Crippen molar-refractivity contribution >= 4 is 17.0 Å². The Morgan fingerprint density at radius 1 is 1.17 bits per heavy atom. The Morgan fingerprint density at radius 2 is 1.94 bits per heavy atom. The summed E-state index contributed by atoms with van der Waals surface area (Å²) in [7, 11) is 0. The summed E-state index contributed by atoms with van der Waals surface area (Å²) in [5.41, 5.74) is 2.11. The Labute approximate surface area is 109 Å². The molecule has 3 nitrogen and oxygen atoms in total. The van der Waals surface area contributed by atoms with Crippen LogP contribution in [-0.4, -0.2) is 16.0 Å². The maximum absolute atomic E-state index is 4.53. The highest BCUT2D eigenvalue weighted by Crippen LogP contribution is 2.15. The van der Waals surface area contributed by atoms with Gasteiger partial charge in [0.15, 0.2) is 0 Å². The first-order chi connectivity index (χ1) is 8.65. The smallest absolute Gasteiger partial charge is 0.201 e. The Kier molecular flexibility index (Phi) is 4.24. The third-order valence-electron chi connectivity index (χ3n) is 3.19. The van der Waals surface area contributed by atoms with Crippen molar-refractivity contribution in [2.75, 3.05) is 5.32 Å². The van der Waals surface area contributed by atoms with Gasteiger partial charge in [-0.1, -0.05) is 38.8 Å². The van der Waals surface area contributed by atoms with E-state index >= 15 is 0 Å². The van der Waals surface area contributed by atoms with Gasteiger partial charge in [-0.3, -0.25) is 0 Å². The minimum absolute atomic E-state index is 0.462. The average Bonchev–Trinajstić information content (AvgIpc) is 2.70. The van der Waals surface area contributed by atoms with Crippen molar-refractivity contribution < 1.29 is 0 Å². The molecule has 0 aliphatic rings. The lowest BCUT2D eigenvalue weighted by Gasteiger charge is -2.13. The molecule has 1 unspecified atom stereocenters. The summed E-state index contributed by atoms with van der Waals surface area (Å²) >= 11 is 0. The first kappa shape index (κ1) is 12.9. The van der Waals surface area contributed by atoms with Gasteiger partial charge >= 0.3 is 0 Å². The monoisotopic (exact) mass is 245 g/mol. The molecule has 1 aromatic heterocycles. The fraction of sp³-hybridized carbons (Fsp3) is 0.533. The molecule has 2 rings (SSSR count). The van der Waals surface area contributed by atoms with Gasteiger partial charge in [0.2, 0.25) is 5.95 Å². The minimum atomic E-state index is 0.462. The number of imidazole rings is 1. The van der Waals surface area contributed by atoms with Crippen molar-refractivity contribution in [3.05, 3.63) is 24.3 Å². The Balaban J connectivity index is 1.88. The SMILES string of the molecule is CC(C)CCCC(C)Nc1nc2ccccc2[nH]1. The van der Waals surface area contributed by atoms with Gasteiger partial charge in [-0.25, -0.2) is 4.98 Å². The van der Waals surface area contributed by atoms with E-state index in [2.05, 4.69) is 42.1 Å². The standard InChI is InChI=1S/C15H23N3/c1-11(2)7-6-8-12(3)16-15-17-13-9-4-5-10-14(13)18-15/h4-5,9-12H,6-8H2,1-3H3,(H2,16,17,18). The number of nitrogens with zero attached hydrogens (tertiary/aromatic N) is 1. The number of anilines is 1. The molecule has 0 fully saturated rings. The van der Waals surface area contributed by atoms with Gasteiger partial charge < -0.3 is 10.3 Å². The number of H-pyrrole nitrogens is 1. The van der Waals surface area contributed by atoms with Crippen LogP contribution in [0.5, 0.6) is 0 Å². The van der Waals surface area contributed by atoms with Crippen LogP contribution in [0.1, 0.15) is 40.0 Å². The van der Waals surface area contributed by atoms with Crippen LogP contribution >= 0.6 is 0 Å². The molecule has 18 heavy (non-hydrogen) atoms. The summed E-state index contributed by atoms with van der Waals surface area (Å²) in [5.74, 6) is 1.68. The lowest BCUT2D eigenvalue weighted by molar-refractivity contribution is 0.519. The van der Waals surface area contributed by atoms with Crippen molar-refractivity contribution in [3.63, 3.8) is 0 Å². The lowest BCUT2D eigenvalue weighted by Crippen LogP contribution is -2.16. The molecule has 0 amide bonds. The molecule has 0 spiro atoms. The molecular formula is C15H23N3. The zero-order valence-corrected chi connectivity index (χ0v) is 11.5. The maximum Gasteiger partial charge on any atom is 0.201 e. The third-order valence-corrected chi connectivity index (χ3v) is 3.19. The molecule has 2 N–H and O–H groups in total. The van der Waals surface area contributed by atoms with Crippen LogP contribution < -0.4 is 5.32 Å². The minimum Gasteiger partial charge on any atom is -0.353 e. The molecule has 98 valence electrons. The van der Waals surface area contributed by atoms with Gasteiger partial charge in [0.25, 0.3) is 0 Å². The number of aromatic amines is 1. The molecule has 0 bridgehead atoms. The van der Waals surface area contributed by atoms with Crippen molar-refractivity contribution in [3.8, 4) is 0 Å². The van der Waals surface area contributed by atoms with E-state index in [1.54, 1.807) is 0 Å². The van der Waals surface area contributed by atoms with Crippen molar-refractivity contribution in [1.82, 2.24) is 9.97 Å². The Morgan fingerprint density at radius 3 is 2.67 bits per heavy atom. The molecule has 1 aromatic carbocycles. The van der Waals surface area contributed by atoms with Gasteiger partial charge in [0, 0.05) is 6.04 Å². The topological polar surface area (TPSA) is 40.7 Å². The highest BCUT2D eigenvalue weighted by atomic mass is 15.1. The lowest BCUT2D eigenvalue weighted by atomic mass is 10.0. The number of aromatic nitrogens is 2. The van der Waals surface area contributed by atoms with Crippen LogP contribution in [0.4, 0.5) is 5.95 Å². The molecule has 0 aliphatic carbocycles. The van der Waals surface area contributed by atoms with E-state index in [-0.39, 0.29) is 0 Å². The predicted molar refractivity (Wildman–Crippen MR) is 77.9 cm³/mol. The zero-order chi connectivity index (χ0) is 13.0. The number of hydrogen-bond donors (Lipinski definition) is 2. The normalized spacial score (nSPS) is 13.1. The summed E-state index contributed by atoms with van der Waals surface area (Å²) in [6, 6.07) is 8.58. The average molecular weight is 245 g/mol. The summed E-state index contributed by atoms with van der Waals surface area (Å²) in [4.78, 5) is 7.83. The summed E-state index contributed by atoms with van der Waals surface area (Å²) < 4.78 is 0. The van der Waals surface area contributed by atoms with E-state index < -0.39 is 0 Å². The fourth-order valence-electron chi connectivity index (χ4n) is 2.16. The van der Waals surface area contributed by atoms with E-state index in [0.29, 0.717) is 6.04 Å². The largest absolute Gasteiger partial charge is 0.353 e. The highest BCUT2D eigenvalue weighted by molar-refractivity contribution is 5.77. The Bertz CT molecular complexity index is 454. The molecule has 1 atom stereocenters. The van der Waals surface area contributed by atoms with E-state index in [0.717, 1.165) is 22.9 Å². The molecule has 1 heterocycles. The summed E-state index contributed by atoms with van der Waals surface area (Å²) in [6.07, 6.45) is 3.76. The summed E-state index contributed by atoms with van der Waals surface area (Å²) in [5, 5.41) is 3.44. The molecular weight excluding hydrogens is 222 g/mol. The van der Waals surface area contributed by atoms with Crippen LogP contribution in [0.15, 0.2) is 24.3 Å². The van der Waals surface area contributed by atoms with E-state index in [4.69, 9.17) is 0 Å². The first-order valence-electron chi connectivity index (χ1n) is 6.86. The van der Waals surface area contributed by atoms with Crippen LogP contribution in [-0.2, 0) is 0 Å². The van der Waals surface area contributed by atoms with Gasteiger partial charge in [0.05, 0.1) is 11.0 Å². The first-order valence-corrected chi connectivity index (χ1v) is 6.86. The summed E-state index contributed by atoms with van der Waals surface area (Å²) in [6.45, 7) is 6.77. The van der Waals surface area contributed by atoms with Crippen molar-refractivity contribution in [2.45, 2.75) is 46.1 Å². The number of rotatable bonds is 6. The van der Waals surface area contributed by atoms with E-state index in [1.165, 1.54) is 19.3 Å². The quantitative estimate of drug-likeness (QED) is 0.801. The van der Waals surface area contributed by atoms with Gasteiger partial charge in [0.1, 0.15) is 0 Å². The van der Waals surface area contributed by atoms with Gasteiger partial charge in [-0.2, -0.15) is 0 Å². The molecule has 0 radical (unpaired) electrons.